The van der Waals surface area contributed by atoms with Gasteiger partial charge in [-0.15, -0.1) is 0 Å². The van der Waals surface area contributed by atoms with Crippen molar-refractivity contribution in [2.24, 2.45) is 0 Å². The number of methoxy groups -OCH3 is 1. The van der Waals surface area contributed by atoms with Crippen LogP contribution in [-0.4, -0.2) is 52.1 Å². The molecule has 1 aliphatic heterocycles. The van der Waals surface area contributed by atoms with Crippen LogP contribution in [0.1, 0.15) is 34.8 Å². The van der Waals surface area contributed by atoms with Crippen LogP contribution in [0.25, 0.3) is 5.82 Å². The Morgan fingerprint density at radius 1 is 1.21 bits per heavy atom. The van der Waals surface area contributed by atoms with Crippen LogP contribution >= 0.6 is 0 Å². The summed E-state index contributed by atoms with van der Waals surface area (Å²) in [6, 6.07) is 11.7. The van der Waals surface area contributed by atoms with Gasteiger partial charge in [0, 0.05) is 30.7 Å². The Morgan fingerprint density at radius 3 is 2.72 bits per heavy atom. The molecule has 0 bridgehead atoms. The second-order valence-electron chi connectivity index (χ2n) is 7.09. The molecule has 1 N–H and O–H groups in total. The molecule has 29 heavy (non-hydrogen) atoms. The number of hydrogen-bond donors (Lipinski definition) is 1. The molecule has 1 atom stereocenters. The maximum Gasteiger partial charge on any atom is 0.252 e. The standard InChI is InChI=1S/C22H25N5O2/c1-29-20-7-3-2-6-18(20)19(26-11-4-5-12-26)15-25-22(28)17-8-9-21(24-14-17)27-13-10-23-16-27/h2-3,6-10,13-14,16,19H,4-5,11-12,15H2,1H3,(H,25,28). The van der Waals surface area contributed by atoms with Gasteiger partial charge in [0.2, 0.25) is 0 Å². The smallest absolute Gasteiger partial charge is 0.252 e. The molecule has 3 aromatic rings. The molecule has 1 aliphatic rings. The fraction of sp³-hybridized carbons (Fsp3) is 0.318. The van der Waals surface area contributed by atoms with Crippen molar-refractivity contribution >= 4 is 5.91 Å². The summed E-state index contributed by atoms with van der Waals surface area (Å²) in [5.74, 6) is 1.45. The third kappa shape index (κ3) is 4.30. The molecule has 7 nitrogen and oxygen atoms in total. The molecular weight excluding hydrogens is 366 g/mol. The van der Waals surface area contributed by atoms with Gasteiger partial charge < -0.3 is 10.1 Å². The van der Waals surface area contributed by atoms with Gasteiger partial charge >= 0.3 is 0 Å². The van der Waals surface area contributed by atoms with Crippen LogP contribution in [0.3, 0.4) is 0 Å². The quantitative estimate of drug-likeness (QED) is 0.671. The average Bonchev–Trinajstić information content (AvgIpc) is 3.49. The topological polar surface area (TPSA) is 72.3 Å². The molecule has 0 radical (unpaired) electrons. The third-order valence-corrected chi connectivity index (χ3v) is 5.31. The number of hydrogen-bond acceptors (Lipinski definition) is 5. The zero-order chi connectivity index (χ0) is 20.1. The number of amides is 1. The number of carbonyl (C=O) groups excluding carboxylic acids is 1. The number of para-hydroxylation sites is 1. The first-order valence-corrected chi connectivity index (χ1v) is 9.86. The van der Waals surface area contributed by atoms with Crippen LogP contribution in [0.2, 0.25) is 0 Å². The van der Waals surface area contributed by atoms with Crippen molar-refractivity contribution in [1.29, 1.82) is 0 Å². The molecule has 0 saturated carbocycles. The van der Waals surface area contributed by atoms with Crippen molar-refractivity contribution in [3.63, 3.8) is 0 Å². The number of aromatic nitrogens is 3. The van der Waals surface area contributed by atoms with Gasteiger partial charge in [-0.1, -0.05) is 18.2 Å². The fourth-order valence-electron chi connectivity index (χ4n) is 3.79. The highest BCUT2D eigenvalue weighted by Crippen LogP contribution is 2.31. The van der Waals surface area contributed by atoms with Crippen LogP contribution in [0.4, 0.5) is 0 Å². The number of imidazole rings is 1. The predicted molar refractivity (Wildman–Crippen MR) is 110 cm³/mol. The first-order chi connectivity index (χ1) is 14.3. The lowest BCUT2D eigenvalue weighted by molar-refractivity contribution is 0.0937. The van der Waals surface area contributed by atoms with E-state index in [1.807, 2.05) is 30.5 Å². The Hall–Kier alpha value is -3.19. The maximum atomic E-state index is 12.7. The van der Waals surface area contributed by atoms with Gasteiger partial charge in [-0.3, -0.25) is 14.3 Å². The fourth-order valence-corrected chi connectivity index (χ4v) is 3.79. The van der Waals surface area contributed by atoms with Crippen molar-refractivity contribution in [3.05, 3.63) is 72.4 Å². The minimum atomic E-state index is -0.131. The lowest BCUT2D eigenvalue weighted by atomic mass is 10.0. The summed E-state index contributed by atoms with van der Waals surface area (Å²) in [5.41, 5.74) is 1.64. The van der Waals surface area contributed by atoms with Crippen LogP contribution < -0.4 is 10.1 Å². The molecule has 7 heteroatoms. The van der Waals surface area contributed by atoms with Crippen molar-refractivity contribution in [2.75, 3.05) is 26.7 Å². The van der Waals surface area contributed by atoms with Crippen molar-refractivity contribution in [3.8, 4) is 11.6 Å². The van der Waals surface area contributed by atoms with E-state index in [1.54, 1.807) is 36.5 Å². The van der Waals surface area contributed by atoms with E-state index in [-0.39, 0.29) is 11.9 Å². The number of likely N-dealkylation sites (tertiary alicyclic amines) is 1. The summed E-state index contributed by atoms with van der Waals surface area (Å²) in [6.07, 6.45) is 9.14. The summed E-state index contributed by atoms with van der Waals surface area (Å²) < 4.78 is 7.37. The second-order valence-corrected chi connectivity index (χ2v) is 7.09. The lowest BCUT2D eigenvalue weighted by Gasteiger charge is -2.29. The Bertz CT molecular complexity index is 934. The van der Waals surface area contributed by atoms with Gasteiger partial charge in [0.1, 0.15) is 17.9 Å². The van der Waals surface area contributed by atoms with E-state index in [1.165, 1.54) is 12.8 Å². The maximum absolute atomic E-state index is 12.7. The highest BCUT2D eigenvalue weighted by atomic mass is 16.5. The zero-order valence-electron chi connectivity index (χ0n) is 16.5. The van der Waals surface area contributed by atoms with Crippen LogP contribution in [-0.2, 0) is 0 Å². The second kappa shape index (κ2) is 8.87. The monoisotopic (exact) mass is 391 g/mol. The van der Waals surface area contributed by atoms with Crippen LogP contribution in [0.15, 0.2) is 61.3 Å². The largest absolute Gasteiger partial charge is 0.496 e. The number of nitrogens with zero attached hydrogens (tertiary/aromatic N) is 4. The van der Waals surface area contributed by atoms with Crippen LogP contribution in [0, 0.1) is 0 Å². The Morgan fingerprint density at radius 2 is 2.03 bits per heavy atom. The van der Waals surface area contributed by atoms with E-state index in [0.29, 0.717) is 12.1 Å². The van der Waals surface area contributed by atoms with E-state index in [9.17, 15) is 4.79 Å². The van der Waals surface area contributed by atoms with E-state index < -0.39 is 0 Å². The minimum absolute atomic E-state index is 0.0794. The number of benzene rings is 1. The molecule has 1 aromatic carbocycles. The molecule has 150 valence electrons. The number of nitrogens with one attached hydrogen (secondary N) is 1. The number of carbonyl (C=O) groups is 1. The molecular formula is C22H25N5O2. The Balaban J connectivity index is 1.47. The number of rotatable bonds is 7. The van der Waals surface area contributed by atoms with Gasteiger partial charge in [-0.2, -0.15) is 0 Å². The van der Waals surface area contributed by atoms with Crippen molar-refractivity contribution in [1.82, 2.24) is 24.8 Å². The molecule has 4 rings (SSSR count). The summed E-state index contributed by atoms with van der Waals surface area (Å²) in [4.78, 5) is 23.5. The molecule has 0 spiro atoms. The molecule has 1 unspecified atom stereocenters. The zero-order valence-corrected chi connectivity index (χ0v) is 16.5. The molecule has 3 heterocycles. The van der Waals surface area contributed by atoms with Gasteiger partial charge in [-0.25, -0.2) is 9.97 Å². The molecule has 1 amide bonds. The van der Waals surface area contributed by atoms with E-state index in [0.717, 1.165) is 30.2 Å². The van der Waals surface area contributed by atoms with Gasteiger partial charge in [0.05, 0.1) is 18.7 Å². The highest BCUT2D eigenvalue weighted by molar-refractivity contribution is 5.94. The molecule has 2 aromatic heterocycles. The first kappa shape index (κ1) is 19.1. The molecule has 0 aliphatic carbocycles. The van der Waals surface area contributed by atoms with Crippen LogP contribution in [0.5, 0.6) is 5.75 Å². The normalized spacial score (nSPS) is 15.2. The highest BCUT2D eigenvalue weighted by Gasteiger charge is 2.26. The Kier molecular flexibility index (Phi) is 5.86. The summed E-state index contributed by atoms with van der Waals surface area (Å²) in [7, 11) is 1.69. The third-order valence-electron chi connectivity index (χ3n) is 5.31. The first-order valence-electron chi connectivity index (χ1n) is 9.86. The summed E-state index contributed by atoms with van der Waals surface area (Å²) in [6.45, 7) is 2.57. The number of pyridine rings is 1. The van der Waals surface area contributed by atoms with E-state index in [2.05, 4.69) is 26.3 Å². The van der Waals surface area contributed by atoms with Gasteiger partial charge in [0.15, 0.2) is 0 Å². The van der Waals surface area contributed by atoms with Gasteiger partial charge in [-0.05, 0) is 44.1 Å². The van der Waals surface area contributed by atoms with E-state index >= 15 is 0 Å². The van der Waals surface area contributed by atoms with E-state index in [4.69, 9.17) is 4.74 Å². The van der Waals surface area contributed by atoms with Crippen molar-refractivity contribution < 1.29 is 9.53 Å². The predicted octanol–water partition coefficient (Wildman–Crippen LogP) is 2.84. The lowest BCUT2D eigenvalue weighted by Crippen LogP contribution is -2.37. The number of ether oxygens (including phenoxy) is 1. The summed E-state index contributed by atoms with van der Waals surface area (Å²) in [5, 5.41) is 3.08. The average molecular weight is 391 g/mol. The SMILES string of the molecule is COc1ccccc1C(CNC(=O)c1ccc(-n2ccnc2)nc1)N1CCCC1. The van der Waals surface area contributed by atoms with Gasteiger partial charge in [0.25, 0.3) is 5.91 Å². The van der Waals surface area contributed by atoms with Crippen molar-refractivity contribution in [2.45, 2.75) is 18.9 Å². The minimum Gasteiger partial charge on any atom is -0.496 e. The summed E-state index contributed by atoms with van der Waals surface area (Å²) >= 11 is 0. The molecule has 1 fully saturated rings. The Labute approximate surface area is 170 Å². The molecule has 1 saturated heterocycles.